The average molecular weight is 306 g/mol. The van der Waals surface area contributed by atoms with Gasteiger partial charge >= 0.3 is 5.97 Å². The standard InChI is InChI=1S/C14H14N2O4S/c17-12-6-21-11-2-1-7(5-10(11)16-12)13(18)15-9-3-8(4-9)14(19)20/h1-2,5,8-9H,3-4,6H2,(H,15,18)(H,16,17)(H,19,20). The molecule has 0 aromatic heterocycles. The zero-order valence-electron chi connectivity index (χ0n) is 11.1. The second-order valence-electron chi connectivity index (χ2n) is 5.22. The van der Waals surface area contributed by atoms with Crippen LogP contribution in [-0.2, 0) is 9.59 Å². The number of carboxylic acid groups (broad SMARTS) is 1. The van der Waals surface area contributed by atoms with Crippen LogP contribution in [0.15, 0.2) is 23.1 Å². The zero-order chi connectivity index (χ0) is 15.0. The fourth-order valence-electron chi connectivity index (χ4n) is 2.43. The molecule has 6 nitrogen and oxygen atoms in total. The van der Waals surface area contributed by atoms with Crippen molar-refractivity contribution in [2.24, 2.45) is 5.92 Å². The first-order valence-electron chi connectivity index (χ1n) is 6.63. The molecule has 7 heteroatoms. The Labute approximate surface area is 125 Å². The molecule has 110 valence electrons. The van der Waals surface area contributed by atoms with E-state index in [1.165, 1.54) is 11.8 Å². The molecule has 1 saturated carbocycles. The monoisotopic (exact) mass is 306 g/mol. The number of hydrogen-bond acceptors (Lipinski definition) is 4. The van der Waals surface area contributed by atoms with Gasteiger partial charge in [-0.1, -0.05) is 0 Å². The molecular weight excluding hydrogens is 292 g/mol. The number of thioether (sulfide) groups is 1. The molecule has 0 radical (unpaired) electrons. The third kappa shape index (κ3) is 2.87. The van der Waals surface area contributed by atoms with E-state index in [1.54, 1.807) is 12.1 Å². The normalized spacial score (nSPS) is 23.5. The van der Waals surface area contributed by atoms with Crippen LogP contribution in [-0.4, -0.2) is 34.7 Å². The molecule has 1 aromatic carbocycles. The van der Waals surface area contributed by atoms with Gasteiger partial charge in [0.1, 0.15) is 0 Å². The van der Waals surface area contributed by atoms with Crippen LogP contribution in [0.4, 0.5) is 5.69 Å². The van der Waals surface area contributed by atoms with Crippen molar-refractivity contribution in [1.82, 2.24) is 5.32 Å². The second kappa shape index (κ2) is 5.40. The molecule has 3 rings (SSSR count). The third-order valence-electron chi connectivity index (χ3n) is 3.70. The summed E-state index contributed by atoms with van der Waals surface area (Å²) in [4.78, 5) is 35.1. The molecule has 0 unspecified atom stereocenters. The maximum atomic E-state index is 12.1. The summed E-state index contributed by atoms with van der Waals surface area (Å²) in [5.41, 5.74) is 1.12. The van der Waals surface area contributed by atoms with E-state index in [4.69, 9.17) is 5.11 Å². The van der Waals surface area contributed by atoms with Crippen LogP contribution >= 0.6 is 11.8 Å². The quantitative estimate of drug-likeness (QED) is 0.783. The van der Waals surface area contributed by atoms with Crippen molar-refractivity contribution in [1.29, 1.82) is 0 Å². The van der Waals surface area contributed by atoms with E-state index in [9.17, 15) is 14.4 Å². The van der Waals surface area contributed by atoms with Crippen molar-refractivity contribution in [2.45, 2.75) is 23.8 Å². The number of amides is 2. The fraction of sp³-hybridized carbons (Fsp3) is 0.357. The van der Waals surface area contributed by atoms with Crippen LogP contribution in [0.2, 0.25) is 0 Å². The molecule has 1 heterocycles. The van der Waals surface area contributed by atoms with Gasteiger partial charge in [-0.05, 0) is 31.0 Å². The van der Waals surface area contributed by atoms with Crippen molar-refractivity contribution in [3.8, 4) is 0 Å². The molecule has 0 atom stereocenters. The Morgan fingerprint density at radius 2 is 2.10 bits per heavy atom. The molecule has 1 aliphatic carbocycles. The largest absolute Gasteiger partial charge is 0.481 e. The highest BCUT2D eigenvalue weighted by atomic mass is 32.2. The highest BCUT2D eigenvalue weighted by Crippen LogP contribution is 2.32. The number of aliphatic carboxylic acids is 1. The fourth-order valence-corrected chi connectivity index (χ4v) is 3.22. The molecule has 0 saturated heterocycles. The lowest BCUT2D eigenvalue weighted by atomic mass is 9.80. The minimum atomic E-state index is -0.811. The highest BCUT2D eigenvalue weighted by molar-refractivity contribution is 8.00. The number of carboxylic acids is 1. The SMILES string of the molecule is O=C1CSc2ccc(C(=O)NC3CC(C(=O)O)C3)cc2N1. The lowest BCUT2D eigenvalue weighted by Gasteiger charge is -2.32. The number of rotatable bonds is 3. The summed E-state index contributed by atoms with van der Waals surface area (Å²) in [5.74, 6) is -1.09. The first-order chi connectivity index (χ1) is 10.0. The van der Waals surface area contributed by atoms with Crippen LogP contribution in [0.1, 0.15) is 23.2 Å². The number of benzene rings is 1. The summed E-state index contributed by atoms with van der Waals surface area (Å²) in [6.07, 6.45) is 0.942. The summed E-state index contributed by atoms with van der Waals surface area (Å²) >= 11 is 1.44. The van der Waals surface area contributed by atoms with Crippen LogP contribution in [0.3, 0.4) is 0 Å². The zero-order valence-corrected chi connectivity index (χ0v) is 11.9. The van der Waals surface area contributed by atoms with Gasteiger partial charge in [-0.15, -0.1) is 11.8 Å². The van der Waals surface area contributed by atoms with Gasteiger partial charge in [0, 0.05) is 16.5 Å². The van der Waals surface area contributed by atoms with Crippen LogP contribution in [0.5, 0.6) is 0 Å². The molecule has 1 aliphatic heterocycles. The van der Waals surface area contributed by atoms with Gasteiger partial charge in [0.25, 0.3) is 5.91 Å². The summed E-state index contributed by atoms with van der Waals surface area (Å²) in [6.45, 7) is 0. The molecule has 0 bridgehead atoms. The third-order valence-corrected chi connectivity index (χ3v) is 4.77. The Balaban J connectivity index is 1.64. The molecule has 2 amide bonds. The maximum absolute atomic E-state index is 12.1. The Hall–Kier alpha value is -2.02. The summed E-state index contributed by atoms with van der Waals surface area (Å²) in [5, 5.41) is 14.4. The smallest absolute Gasteiger partial charge is 0.306 e. The topological polar surface area (TPSA) is 95.5 Å². The Bertz CT molecular complexity index is 625. The molecule has 1 fully saturated rings. The van der Waals surface area contributed by atoms with Crippen molar-refractivity contribution in [3.63, 3.8) is 0 Å². The van der Waals surface area contributed by atoms with Gasteiger partial charge in [0.2, 0.25) is 5.91 Å². The van der Waals surface area contributed by atoms with Crippen molar-refractivity contribution >= 4 is 35.2 Å². The Morgan fingerprint density at radius 3 is 2.81 bits per heavy atom. The number of carbonyl (C=O) groups excluding carboxylic acids is 2. The number of nitrogens with one attached hydrogen (secondary N) is 2. The van der Waals surface area contributed by atoms with Crippen molar-refractivity contribution in [2.75, 3.05) is 11.1 Å². The highest BCUT2D eigenvalue weighted by Gasteiger charge is 2.35. The van der Waals surface area contributed by atoms with E-state index in [0.29, 0.717) is 29.8 Å². The Kier molecular flexibility index (Phi) is 3.59. The lowest BCUT2D eigenvalue weighted by Crippen LogP contribution is -2.46. The van der Waals surface area contributed by atoms with Gasteiger partial charge in [-0.2, -0.15) is 0 Å². The molecule has 0 spiro atoms. The van der Waals surface area contributed by atoms with Gasteiger partial charge in [-0.3, -0.25) is 14.4 Å². The van der Waals surface area contributed by atoms with E-state index in [0.717, 1.165) is 4.90 Å². The lowest BCUT2D eigenvalue weighted by molar-refractivity contribution is -0.145. The van der Waals surface area contributed by atoms with Crippen molar-refractivity contribution < 1.29 is 19.5 Å². The van der Waals surface area contributed by atoms with E-state index >= 15 is 0 Å². The summed E-state index contributed by atoms with van der Waals surface area (Å²) in [7, 11) is 0. The first kappa shape index (κ1) is 13.9. The van der Waals surface area contributed by atoms with Gasteiger partial charge in [0.15, 0.2) is 0 Å². The molecule has 21 heavy (non-hydrogen) atoms. The first-order valence-corrected chi connectivity index (χ1v) is 7.62. The molecular formula is C14H14N2O4S. The number of carbonyl (C=O) groups is 3. The minimum absolute atomic E-state index is 0.0756. The van der Waals surface area contributed by atoms with Gasteiger partial charge < -0.3 is 15.7 Å². The summed E-state index contributed by atoms with van der Waals surface area (Å²) in [6, 6.07) is 5.10. The van der Waals surface area contributed by atoms with Crippen LogP contribution < -0.4 is 10.6 Å². The van der Waals surface area contributed by atoms with E-state index in [-0.39, 0.29) is 23.8 Å². The number of fused-ring (bicyclic) bond motifs is 1. The van der Waals surface area contributed by atoms with E-state index in [1.807, 2.05) is 6.07 Å². The van der Waals surface area contributed by atoms with Gasteiger partial charge in [0.05, 0.1) is 17.4 Å². The van der Waals surface area contributed by atoms with Crippen LogP contribution in [0.25, 0.3) is 0 Å². The molecule has 1 aromatic rings. The van der Waals surface area contributed by atoms with Gasteiger partial charge in [-0.25, -0.2) is 0 Å². The molecule has 3 N–H and O–H groups in total. The average Bonchev–Trinajstić information content (AvgIpc) is 2.40. The maximum Gasteiger partial charge on any atom is 0.306 e. The summed E-state index contributed by atoms with van der Waals surface area (Å²) < 4.78 is 0. The Morgan fingerprint density at radius 1 is 1.33 bits per heavy atom. The second-order valence-corrected chi connectivity index (χ2v) is 6.24. The number of anilines is 1. The van der Waals surface area contributed by atoms with Crippen LogP contribution in [0, 0.1) is 5.92 Å². The predicted octanol–water partition coefficient (Wildman–Crippen LogP) is 1.32. The van der Waals surface area contributed by atoms with E-state index < -0.39 is 5.97 Å². The van der Waals surface area contributed by atoms with E-state index in [2.05, 4.69) is 10.6 Å². The number of hydrogen-bond donors (Lipinski definition) is 3. The minimum Gasteiger partial charge on any atom is -0.481 e. The van der Waals surface area contributed by atoms with Crippen molar-refractivity contribution in [3.05, 3.63) is 23.8 Å². The predicted molar refractivity (Wildman–Crippen MR) is 77.4 cm³/mol. The molecule has 2 aliphatic rings.